The van der Waals surface area contributed by atoms with Gasteiger partial charge < -0.3 is 9.64 Å². The van der Waals surface area contributed by atoms with Gasteiger partial charge in [0.1, 0.15) is 11.9 Å². The largest absolute Gasteiger partial charge is 0.490 e. The van der Waals surface area contributed by atoms with Gasteiger partial charge in [-0.1, -0.05) is 72.8 Å². The van der Waals surface area contributed by atoms with Gasteiger partial charge in [-0.15, -0.1) is 0 Å². The molecule has 0 radical (unpaired) electrons. The van der Waals surface area contributed by atoms with E-state index in [-0.39, 0.29) is 11.9 Å². The Hall–Kier alpha value is -2.95. The van der Waals surface area contributed by atoms with Crippen molar-refractivity contribution < 1.29 is 9.53 Å². The van der Waals surface area contributed by atoms with E-state index >= 15 is 0 Å². The standard InChI is InChI=1S/C35H46N2O2/c1-27(2)37(28(3)4)23-13-19-34(38)32-18-11-12-20-35(32)39-31-21-24-36(25-22-31)26-33(29-14-7-5-8-15-29)30-16-9-6-10-17-30/h5-12,14-18,20,27-28,31,33H,13,19,21-26H2,1-4H3. The van der Waals surface area contributed by atoms with Gasteiger partial charge in [0.05, 0.1) is 5.56 Å². The third-order valence-electron chi connectivity index (χ3n) is 8.01. The number of piperidine rings is 1. The van der Waals surface area contributed by atoms with Crippen LogP contribution >= 0.6 is 0 Å². The minimum atomic E-state index is 0.138. The number of ketones is 1. The molecule has 0 atom stereocenters. The van der Waals surface area contributed by atoms with E-state index in [0.29, 0.717) is 24.4 Å². The molecule has 3 aromatic carbocycles. The Labute approximate surface area is 236 Å². The maximum atomic E-state index is 13.2. The number of likely N-dealkylation sites (tertiary alicyclic amines) is 1. The second kappa shape index (κ2) is 14.4. The van der Waals surface area contributed by atoms with Crippen molar-refractivity contribution in [3.63, 3.8) is 0 Å². The molecule has 0 unspecified atom stereocenters. The maximum Gasteiger partial charge on any atom is 0.166 e. The van der Waals surface area contributed by atoms with E-state index in [4.69, 9.17) is 4.74 Å². The molecule has 208 valence electrons. The molecule has 1 saturated heterocycles. The average Bonchev–Trinajstić information content (AvgIpc) is 2.95. The Bertz CT molecular complexity index is 1090. The fourth-order valence-electron chi connectivity index (χ4n) is 5.89. The van der Waals surface area contributed by atoms with Crippen molar-refractivity contribution in [3.8, 4) is 5.75 Å². The van der Waals surface area contributed by atoms with Crippen LogP contribution in [-0.2, 0) is 0 Å². The fraction of sp³-hybridized carbons (Fsp3) is 0.457. The molecule has 1 fully saturated rings. The summed E-state index contributed by atoms with van der Waals surface area (Å²) in [6.45, 7) is 12.8. The zero-order valence-electron chi connectivity index (χ0n) is 24.3. The number of Topliss-reactive ketones (excluding diaryl/α,β-unsaturated/α-hetero) is 1. The van der Waals surface area contributed by atoms with E-state index in [1.807, 2.05) is 24.3 Å². The van der Waals surface area contributed by atoms with Crippen LogP contribution in [-0.4, -0.2) is 59.9 Å². The van der Waals surface area contributed by atoms with E-state index in [1.54, 1.807) is 0 Å². The number of carbonyl (C=O) groups is 1. The molecule has 4 heteroatoms. The van der Waals surface area contributed by atoms with E-state index in [1.165, 1.54) is 11.1 Å². The Kier molecular flexibility index (Phi) is 10.8. The molecule has 0 amide bonds. The summed E-state index contributed by atoms with van der Waals surface area (Å²) in [5, 5.41) is 0. The molecule has 39 heavy (non-hydrogen) atoms. The number of rotatable bonds is 13. The van der Waals surface area contributed by atoms with Crippen molar-refractivity contribution in [1.82, 2.24) is 9.80 Å². The van der Waals surface area contributed by atoms with Crippen LogP contribution in [0.5, 0.6) is 5.75 Å². The first-order valence-electron chi connectivity index (χ1n) is 14.8. The van der Waals surface area contributed by atoms with E-state index < -0.39 is 0 Å². The topological polar surface area (TPSA) is 32.8 Å². The van der Waals surface area contributed by atoms with E-state index in [2.05, 4.69) is 98.2 Å². The molecule has 0 spiro atoms. The Balaban J connectivity index is 1.32. The van der Waals surface area contributed by atoms with Crippen molar-refractivity contribution >= 4 is 5.78 Å². The van der Waals surface area contributed by atoms with Crippen LogP contribution in [0.25, 0.3) is 0 Å². The van der Waals surface area contributed by atoms with Crippen LogP contribution in [0.15, 0.2) is 84.9 Å². The summed E-state index contributed by atoms with van der Waals surface area (Å²) in [6, 6.07) is 30.5. The number of hydrogen-bond donors (Lipinski definition) is 0. The van der Waals surface area contributed by atoms with Gasteiger partial charge in [0.25, 0.3) is 0 Å². The Morgan fingerprint density at radius 1 is 0.821 bits per heavy atom. The summed E-state index contributed by atoms with van der Waals surface area (Å²) < 4.78 is 6.48. The first-order valence-corrected chi connectivity index (χ1v) is 14.8. The molecule has 4 nitrogen and oxygen atoms in total. The van der Waals surface area contributed by atoms with Gasteiger partial charge in [-0.3, -0.25) is 9.69 Å². The number of para-hydroxylation sites is 1. The Morgan fingerprint density at radius 2 is 1.36 bits per heavy atom. The van der Waals surface area contributed by atoms with Crippen LogP contribution in [0.4, 0.5) is 0 Å². The number of ether oxygens (including phenoxy) is 1. The number of carbonyl (C=O) groups excluding carboxylic acids is 1. The SMILES string of the molecule is CC(C)N(CCCC(=O)c1ccccc1OC1CCN(CC(c2ccccc2)c2ccccc2)CC1)C(C)C. The molecule has 1 aliphatic rings. The lowest BCUT2D eigenvalue weighted by Crippen LogP contribution is -2.40. The molecule has 0 aliphatic carbocycles. The third-order valence-corrected chi connectivity index (χ3v) is 8.01. The summed E-state index contributed by atoms with van der Waals surface area (Å²) in [7, 11) is 0. The van der Waals surface area contributed by atoms with Crippen LogP contribution in [0.2, 0.25) is 0 Å². The molecular formula is C35H46N2O2. The van der Waals surface area contributed by atoms with Gasteiger partial charge in [0.15, 0.2) is 5.78 Å². The molecule has 1 aliphatic heterocycles. The zero-order valence-corrected chi connectivity index (χ0v) is 24.3. The highest BCUT2D eigenvalue weighted by molar-refractivity contribution is 5.98. The second-order valence-corrected chi connectivity index (χ2v) is 11.4. The second-order valence-electron chi connectivity index (χ2n) is 11.4. The van der Waals surface area contributed by atoms with Gasteiger partial charge in [0.2, 0.25) is 0 Å². The fourth-order valence-corrected chi connectivity index (χ4v) is 5.89. The lowest BCUT2D eigenvalue weighted by molar-refractivity contribution is 0.0908. The molecule has 0 bridgehead atoms. The highest BCUT2D eigenvalue weighted by Gasteiger charge is 2.25. The van der Waals surface area contributed by atoms with Gasteiger partial charge in [-0.05, 0) is 76.8 Å². The first-order chi connectivity index (χ1) is 18.9. The summed E-state index contributed by atoms with van der Waals surface area (Å²) in [4.78, 5) is 18.2. The smallest absolute Gasteiger partial charge is 0.166 e. The van der Waals surface area contributed by atoms with Gasteiger partial charge in [0, 0.05) is 44.1 Å². The predicted octanol–water partition coefficient (Wildman–Crippen LogP) is 7.44. The molecule has 4 rings (SSSR count). The van der Waals surface area contributed by atoms with Crippen molar-refractivity contribution in [1.29, 1.82) is 0 Å². The molecule has 0 saturated carbocycles. The Morgan fingerprint density at radius 3 is 1.92 bits per heavy atom. The van der Waals surface area contributed by atoms with Gasteiger partial charge in [-0.25, -0.2) is 0 Å². The van der Waals surface area contributed by atoms with Crippen molar-refractivity contribution in [3.05, 3.63) is 102 Å². The van der Waals surface area contributed by atoms with Crippen molar-refractivity contribution in [2.24, 2.45) is 0 Å². The summed E-state index contributed by atoms with van der Waals surface area (Å²) in [5.74, 6) is 1.28. The summed E-state index contributed by atoms with van der Waals surface area (Å²) in [6.07, 6.45) is 3.49. The maximum absolute atomic E-state index is 13.2. The molecular weight excluding hydrogens is 480 g/mol. The number of hydrogen-bond acceptors (Lipinski definition) is 4. The normalized spacial score (nSPS) is 15.0. The van der Waals surface area contributed by atoms with Gasteiger partial charge >= 0.3 is 0 Å². The van der Waals surface area contributed by atoms with E-state index in [0.717, 1.165) is 56.8 Å². The highest BCUT2D eigenvalue weighted by atomic mass is 16.5. The third kappa shape index (κ3) is 8.27. The molecule has 0 N–H and O–H groups in total. The van der Waals surface area contributed by atoms with Crippen LogP contribution in [0, 0.1) is 0 Å². The molecule has 0 aromatic heterocycles. The van der Waals surface area contributed by atoms with E-state index in [9.17, 15) is 4.79 Å². The lowest BCUT2D eigenvalue weighted by Gasteiger charge is -2.35. The monoisotopic (exact) mass is 526 g/mol. The quantitative estimate of drug-likeness (QED) is 0.217. The van der Waals surface area contributed by atoms with Crippen molar-refractivity contribution in [2.75, 3.05) is 26.2 Å². The summed E-state index contributed by atoms with van der Waals surface area (Å²) >= 11 is 0. The van der Waals surface area contributed by atoms with Gasteiger partial charge in [-0.2, -0.15) is 0 Å². The predicted molar refractivity (Wildman–Crippen MR) is 162 cm³/mol. The molecule has 1 heterocycles. The van der Waals surface area contributed by atoms with Crippen LogP contribution in [0.3, 0.4) is 0 Å². The number of nitrogens with zero attached hydrogens (tertiary/aromatic N) is 2. The zero-order chi connectivity index (χ0) is 27.6. The minimum absolute atomic E-state index is 0.138. The first kappa shape index (κ1) is 29.0. The van der Waals surface area contributed by atoms with Crippen LogP contribution in [0.1, 0.15) is 80.8 Å². The lowest BCUT2D eigenvalue weighted by atomic mass is 9.90. The van der Waals surface area contributed by atoms with Crippen LogP contribution < -0.4 is 4.74 Å². The molecule has 3 aromatic rings. The average molecular weight is 527 g/mol. The van der Waals surface area contributed by atoms with Crippen molar-refractivity contribution in [2.45, 2.75) is 77.5 Å². The minimum Gasteiger partial charge on any atom is -0.490 e. The summed E-state index contributed by atoms with van der Waals surface area (Å²) in [5.41, 5.74) is 3.45. The number of benzene rings is 3. The highest BCUT2D eigenvalue weighted by Crippen LogP contribution is 2.29.